The normalized spacial score (nSPS) is 11.0. The Morgan fingerprint density at radius 3 is 2.41 bits per heavy atom. The molecule has 0 spiro atoms. The Morgan fingerprint density at radius 2 is 1.73 bits per heavy atom. The Morgan fingerprint density at radius 1 is 1.00 bits per heavy atom. The van der Waals surface area contributed by atoms with Gasteiger partial charge in [-0.25, -0.2) is 4.98 Å². The minimum atomic E-state index is 0.828. The summed E-state index contributed by atoms with van der Waals surface area (Å²) in [5, 5.41) is 0. The predicted molar refractivity (Wildman–Crippen MR) is 93.6 cm³/mol. The number of hydrogen-bond donors (Lipinski definition) is 1. The molecule has 2 aromatic carbocycles. The van der Waals surface area contributed by atoms with Gasteiger partial charge in [0.05, 0.1) is 19.0 Å². The fraction of sp³-hybridized carbons (Fsp3) is 0.0556. The molecule has 1 heterocycles. The molecule has 3 rings (SSSR count). The molecular weight excluding hydrogens is 340 g/mol. The third kappa shape index (κ3) is 3.46. The number of hydrogen-bond acceptors (Lipinski definition) is 2. The first-order chi connectivity index (χ1) is 10.7. The van der Waals surface area contributed by atoms with Gasteiger partial charge in [0, 0.05) is 4.47 Å². The number of imidazole rings is 1. The maximum Gasteiger partial charge on any atom is 0.130 e. The minimum Gasteiger partial charge on any atom is -0.497 e. The van der Waals surface area contributed by atoms with E-state index in [1.165, 1.54) is 0 Å². The van der Waals surface area contributed by atoms with Gasteiger partial charge >= 0.3 is 0 Å². The van der Waals surface area contributed by atoms with Crippen molar-refractivity contribution >= 4 is 28.1 Å². The van der Waals surface area contributed by atoms with Gasteiger partial charge in [-0.15, -0.1) is 0 Å². The van der Waals surface area contributed by atoms with Crippen molar-refractivity contribution < 1.29 is 4.74 Å². The van der Waals surface area contributed by atoms with Crippen molar-refractivity contribution in [3.05, 3.63) is 70.6 Å². The van der Waals surface area contributed by atoms with E-state index in [1.807, 2.05) is 54.7 Å². The van der Waals surface area contributed by atoms with E-state index in [0.717, 1.165) is 32.9 Å². The largest absolute Gasteiger partial charge is 0.497 e. The second-order valence-electron chi connectivity index (χ2n) is 4.80. The van der Waals surface area contributed by atoms with Crippen LogP contribution in [0.4, 0.5) is 0 Å². The van der Waals surface area contributed by atoms with Crippen LogP contribution in [-0.4, -0.2) is 17.1 Å². The lowest BCUT2D eigenvalue weighted by molar-refractivity contribution is 0.415. The van der Waals surface area contributed by atoms with Gasteiger partial charge in [-0.1, -0.05) is 46.3 Å². The maximum absolute atomic E-state index is 5.15. The van der Waals surface area contributed by atoms with E-state index in [0.29, 0.717) is 0 Å². The zero-order valence-electron chi connectivity index (χ0n) is 12.1. The zero-order chi connectivity index (χ0) is 15.4. The van der Waals surface area contributed by atoms with E-state index >= 15 is 0 Å². The van der Waals surface area contributed by atoms with Crippen LogP contribution >= 0.6 is 15.9 Å². The Balaban J connectivity index is 1.75. The Labute approximate surface area is 137 Å². The van der Waals surface area contributed by atoms with Crippen molar-refractivity contribution in [2.45, 2.75) is 0 Å². The van der Waals surface area contributed by atoms with Crippen LogP contribution in [-0.2, 0) is 0 Å². The number of nitrogens with zero attached hydrogens (tertiary/aromatic N) is 1. The van der Waals surface area contributed by atoms with Crippen LogP contribution in [0.1, 0.15) is 11.4 Å². The Kier molecular flexibility index (Phi) is 4.39. The molecule has 3 aromatic rings. The minimum absolute atomic E-state index is 0.828. The molecule has 0 amide bonds. The summed E-state index contributed by atoms with van der Waals surface area (Å²) < 4.78 is 6.21. The highest BCUT2D eigenvalue weighted by molar-refractivity contribution is 9.10. The summed E-state index contributed by atoms with van der Waals surface area (Å²) in [6.45, 7) is 0. The summed E-state index contributed by atoms with van der Waals surface area (Å²) in [5.74, 6) is 1.68. The van der Waals surface area contributed by atoms with Crippen molar-refractivity contribution in [3.8, 4) is 17.0 Å². The van der Waals surface area contributed by atoms with Gasteiger partial charge in [-0.2, -0.15) is 0 Å². The predicted octanol–water partition coefficient (Wildman–Crippen LogP) is 5.02. The Bertz CT molecular complexity index is 774. The molecule has 0 fully saturated rings. The van der Waals surface area contributed by atoms with Crippen molar-refractivity contribution in [3.63, 3.8) is 0 Å². The van der Waals surface area contributed by atoms with Gasteiger partial charge in [-0.3, -0.25) is 0 Å². The zero-order valence-corrected chi connectivity index (χ0v) is 13.7. The van der Waals surface area contributed by atoms with Gasteiger partial charge in [-0.05, 0) is 41.5 Å². The smallest absolute Gasteiger partial charge is 0.130 e. The van der Waals surface area contributed by atoms with E-state index in [4.69, 9.17) is 4.74 Å². The number of H-pyrrole nitrogens is 1. The number of methoxy groups -OCH3 is 1. The second-order valence-corrected chi connectivity index (χ2v) is 5.71. The number of halogens is 1. The molecular formula is C18H15BrN2O. The number of rotatable bonds is 4. The van der Waals surface area contributed by atoms with Crippen molar-refractivity contribution in [2.75, 3.05) is 7.11 Å². The van der Waals surface area contributed by atoms with Crippen LogP contribution in [0.2, 0.25) is 0 Å². The fourth-order valence-corrected chi connectivity index (χ4v) is 2.35. The summed E-state index contributed by atoms with van der Waals surface area (Å²) in [4.78, 5) is 7.69. The van der Waals surface area contributed by atoms with E-state index in [-0.39, 0.29) is 0 Å². The standard InChI is InChI=1S/C18H15BrN2O/c1-22-16-9-2-13(3-10-16)4-11-18-20-12-17(21-18)14-5-7-15(19)8-6-14/h2-12H,1H3,(H,20,21). The first-order valence-electron chi connectivity index (χ1n) is 6.88. The number of nitrogens with one attached hydrogen (secondary N) is 1. The lowest BCUT2D eigenvalue weighted by atomic mass is 10.2. The summed E-state index contributed by atoms with van der Waals surface area (Å²) >= 11 is 3.44. The molecule has 0 radical (unpaired) electrons. The molecule has 110 valence electrons. The molecule has 4 heteroatoms. The molecule has 0 aliphatic heterocycles. The SMILES string of the molecule is COc1ccc(C=Cc2ncc(-c3ccc(Br)cc3)[nH]2)cc1. The summed E-state index contributed by atoms with van der Waals surface area (Å²) in [6.07, 6.45) is 5.82. The topological polar surface area (TPSA) is 37.9 Å². The third-order valence-corrected chi connectivity index (χ3v) is 3.83. The van der Waals surface area contributed by atoms with Crippen molar-refractivity contribution in [2.24, 2.45) is 0 Å². The van der Waals surface area contributed by atoms with Crippen LogP contribution in [0.15, 0.2) is 59.2 Å². The van der Waals surface area contributed by atoms with Gasteiger partial charge in [0.25, 0.3) is 0 Å². The third-order valence-electron chi connectivity index (χ3n) is 3.30. The summed E-state index contributed by atoms with van der Waals surface area (Å²) in [5.41, 5.74) is 3.21. The molecule has 3 nitrogen and oxygen atoms in total. The van der Waals surface area contributed by atoms with E-state index in [2.05, 4.69) is 38.0 Å². The first-order valence-corrected chi connectivity index (χ1v) is 7.67. The van der Waals surface area contributed by atoms with E-state index in [1.54, 1.807) is 7.11 Å². The summed E-state index contributed by atoms with van der Waals surface area (Å²) in [7, 11) is 1.66. The van der Waals surface area contributed by atoms with Gasteiger partial charge in [0.15, 0.2) is 0 Å². The average molecular weight is 355 g/mol. The molecule has 1 aromatic heterocycles. The van der Waals surface area contributed by atoms with Crippen molar-refractivity contribution in [1.82, 2.24) is 9.97 Å². The molecule has 0 unspecified atom stereocenters. The van der Waals surface area contributed by atoms with Crippen LogP contribution in [0.25, 0.3) is 23.4 Å². The van der Waals surface area contributed by atoms with Gasteiger partial charge < -0.3 is 9.72 Å². The maximum atomic E-state index is 5.15. The molecule has 22 heavy (non-hydrogen) atoms. The van der Waals surface area contributed by atoms with Crippen molar-refractivity contribution in [1.29, 1.82) is 0 Å². The molecule has 0 atom stereocenters. The molecule has 0 aliphatic rings. The highest BCUT2D eigenvalue weighted by atomic mass is 79.9. The van der Waals surface area contributed by atoms with Crippen LogP contribution in [0.3, 0.4) is 0 Å². The van der Waals surface area contributed by atoms with E-state index < -0.39 is 0 Å². The highest BCUT2D eigenvalue weighted by Crippen LogP contribution is 2.20. The van der Waals surface area contributed by atoms with Gasteiger partial charge in [0.2, 0.25) is 0 Å². The monoisotopic (exact) mass is 354 g/mol. The number of ether oxygens (including phenoxy) is 1. The van der Waals surface area contributed by atoms with Gasteiger partial charge in [0.1, 0.15) is 11.6 Å². The van der Waals surface area contributed by atoms with Crippen LogP contribution < -0.4 is 4.74 Å². The quantitative estimate of drug-likeness (QED) is 0.714. The molecule has 0 saturated carbocycles. The van der Waals surface area contributed by atoms with E-state index in [9.17, 15) is 0 Å². The highest BCUT2D eigenvalue weighted by Gasteiger charge is 2.01. The molecule has 0 aliphatic carbocycles. The average Bonchev–Trinajstić information content (AvgIpc) is 3.03. The first kappa shape index (κ1) is 14.6. The number of aromatic nitrogens is 2. The lowest BCUT2D eigenvalue weighted by Gasteiger charge is -1.98. The molecule has 0 saturated heterocycles. The van der Waals surface area contributed by atoms with Crippen LogP contribution in [0.5, 0.6) is 5.75 Å². The number of aromatic amines is 1. The van der Waals surface area contributed by atoms with Crippen LogP contribution in [0, 0.1) is 0 Å². The lowest BCUT2D eigenvalue weighted by Crippen LogP contribution is -1.81. The summed E-state index contributed by atoms with van der Waals surface area (Å²) in [6, 6.07) is 16.0. The molecule has 1 N–H and O–H groups in total. The fourth-order valence-electron chi connectivity index (χ4n) is 2.09. The Hall–Kier alpha value is -2.33. The second kappa shape index (κ2) is 6.62. The molecule has 0 bridgehead atoms. The number of benzene rings is 2.